The molecule has 78 valence electrons. The van der Waals surface area contributed by atoms with Gasteiger partial charge < -0.3 is 16.4 Å². The minimum atomic E-state index is -0.0909. The molecule has 0 fully saturated rings. The molecule has 4 nitrogen and oxygen atoms in total. The van der Waals surface area contributed by atoms with Gasteiger partial charge >= 0.3 is 0 Å². The number of nitrogen functional groups attached to an aromatic ring is 1. The Hall–Kier alpha value is -1.42. The number of halogens is 1. The quantitative estimate of drug-likeness (QED) is 0.658. The third-order valence-corrected chi connectivity index (χ3v) is 1.64. The zero-order chi connectivity index (χ0) is 9.84. The van der Waals surface area contributed by atoms with Gasteiger partial charge in [-0.05, 0) is 18.2 Å². The fourth-order valence-corrected chi connectivity index (χ4v) is 1.05. The number of hydrogen-bond donors (Lipinski definition) is 3. The van der Waals surface area contributed by atoms with Gasteiger partial charge in [0.05, 0.1) is 11.4 Å². The van der Waals surface area contributed by atoms with E-state index in [9.17, 15) is 4.79 Å². The Morgan fingerprint density at radius 1 is 1.43 bits per heavy atom. The maximum Gasteiger partial charge on any atom is 0.221 e. The minimum absolute atomic E-state index is 0. The zero-order valence-corrected chi connectivity index (χ0v) is 8.94. The van der Waals surface area contributed by atoms with E-state index >= 15 is 0 Å². The molecule has 1 aromatic rings. The molecule has 0 bridgehead atoms. The van der Waals surface area contributed by atoms with Crippen LogP contribution in [0.25, 0.3) is 0 Å². The highest BCUT2D eigenvalue weighted by atomic mass is 35.5. The summed E-state index contributed by atoms with van der Waals surface area (Å²) in [6.07, 6.45) is 0. The lowest BCUT2D eigenvalue weighted by Crippen LogP contribution is -2.06. The first-order valence-electron chi connectivity index (χ1n) is 3.98. The van der Waals surface area contributed by atoms with E-state index in [0.717, 1.165) is 11.4 Å². The first-order valence-corrected chi connectivity index (χ1v) is 3.98. The Morgan fingerprint density at radius 2 is 2.07 bits per heavy atom. The molecule has 0 saturated carbocycles. The summed E-state index contributed by atoms with van der Waals surface area (Å²) < 4.78 is 0. The van der Waals surface area contributed by atoms with Crippen LogP contribution in [0.5, 0.6) is 0 Å². The lowest BCUT2D eigenvalue weighted by molar-refractivity contribution is -0.114. The van der Waals surface area contributed by atoms with Gasteiger partial charge in [-0.25, -0.2) is 0 Å². The predicted octanol–water partition coefficient (Wildman–Crippen LogP) is 1.69. The van der Waals surface area contributed by atoms with Gasteiger partial charge in [-0.3, -0.25) is 4.79 Å². The van der Waals surface area contributed by atoms with E-state index in [1.807, 2.05) is 0 Å². The van der Waals surface area contributed by atoms with Gasteiger partial charge in [-0.15, -0.1) is 12.4 Å². The number of carbonyl (C=O) groups is 1. The van der Waals surface area contributed by atoms with Gasteiger partial charge in [0.15, 0.2) is 0 Å². The van der Waals surface area contributed by atoms with E-state index in [4.69, 9.17) is 5.73 Å². The van der Waals surface area contributed by atoms with Crippen molar-refractivity contribution in [2.45, 2.75) is 6.92 Å². The number of carbonyl (C=O) groups excluding carboxylic acids is 1. The number of rotatable bonds is 2. The van der Waals surface area contributed by atoms with Crippen molar-refractivity contribution in [1.29, 1.82) is 0 Å². The lowest BCUT2D eigenvalue weighted by Gasteiger charge is -2.07. The van der Waals surface area contributed by atoms with Crippen molar-refractivity contribution in [3.8, 4) is 0 Å². The fraction of sp³-hybridized carbons (Fsp3) is 0.222. The van der Waals surface area contributed by atoms with Crippen LogP contribution in [0.3, 0.4) is 0 Å². The average Bonchev–Trinajstić information content (AvgIpc) is 2.07. The fourth-order valence-electron chi connectivity index (χ4n) is 1.05. The molecule has 0 aliphatic rings. The normalized spacial score (nSPS) is 8.71. The second kappa shape index (κ2) is 5.34. The van der Waals surface area contributed by atoms with E-state index in [0.29, 0.717) is 5.69 Å². The molecule has 0 unspecified atom stereocenters. The number of anilines is 3. The standard InChI is InChI=1S/C9H13N3O.ClH/c1-6(13)12-7-3-4-8(10)9(5-7)11-2;/h3-5,11H,10H2,1-2H3,(H,12,13);1H. The molecule has 1 amide bonds. The zero-order valence-electron chi connectivity index (χ0n) is 8.13. The van der Waals surface area contributed by atoms with Gasteiger partial charge in [0, 0.05) is 19.7 Å². The molecule has 0 spiro atoms. The second-order valence-electron chi connectivity index (χ2n) is 2.73. The molecular formula is C9H14ClN3O. The van der Waals surface area contributed by atoms with E-state index < -0.39 is 0 Å². The first kappa shape index (κ1) is 12.6. The third-order valence-electron chi connectivity index (χ3n) is 1.64. The lowest BCUT2D eigenvalue weighted by atomic mass is 10.2. The molecule has 5 heteroatoms. The van der Waals surface area contributed by atoms with E-state index in [1.54, 1.807) is 25.2 Å². The third kappa shape index (κ3) is 3.14. The summed E-state index contributed by atoms with van der Waals surface area (Å²) in [5.74, 6) is -0.0909. The Labute approximate surface area is 89.3 Å². The predicted molar refractivity (Wildman–Crippen MR) is 62.0 cm³/mol. The van der Waals surface area contributed by atoms with Crippen LogP contribution in [0.2, 0.25) is 0 Å². The molecule has 1 rings (SSSR count). The second-order valence-corrected chi connectivity index (χ2v) is 2.73. The molecule has 0 atom stereocenters. The smallest absolute Gasteiger partial charge is 0.221 e. The monoisotopic (exact) mass is 215 g/mol. The minimum Gasteiger partial charge on any atom is -0.397 e. The van der Waals surface area contributed by atoms with E-state index in [1.165, 1.54) is 6.92 Å². The van der Waals surface area contributed by atoms with Crippen LogP contribution in [0, 0.1) is 0 Å². The molecule has 0 aliphatic carbocycles. The van der Waals surface area contributed by atoms with E-state index in [-0.39, 0.29) is 18.3 Å². The number of amides is 1. The highest BCUT2D eigenvalue weighted by Crippen LogP contribution is 2.22. The summed E-state index contributed by atoms with van der Waals surface area (Å²) in [6.45, 7) is 1.47. The summed E-state index contributed by atoms with van der Waals surface area (Å²) in [5.41, 5.74) is 7.87. The molecular weight excluding hydrogens is 202 g/mol. The van der Waals surface area contributed by atoms with Crippen LogP contribution in [-0.2, 0) is 4.79 Å². The molecule has 14 heavy (non-hydrogen) atoms. The van der Waals surface area contributed by atoms with Crippen LogP contribution in [-0.4, -0.2) is 13.0 Å². The summed E-state index contributed by atoms with van der Waals surface area (Å²) in [4.78, 5) is 10.7. The molecule has 0 aliphatic heterocycles. The summed E-state index contributed by atoms with van der Waals surface area (Å²) in [5, 5.41) is 5.60. The van der Waals surface area contributed by atoms with Crippen molar-refractivity contribution >= 4 is 35.4 Å². The maximum absolute atomic E-state index is 10.7. The molecule has 0 aromatic heterocycles. The number of nitrogens with one attached hydrogen (secondary N) is 2. The van der Waals surface area contributed by atoms with Crippen LogP contribution in [0.15, 0.2) is 18.2 Å². The Balaban J connectivity index is 0.00000169. The first-order chi connectivity index (χ1) is 6.13. The highest BCUT2D eigenvalue weighted by molar-refractivity contribution is 5.90. The van der Waals surface area contributed by atoms with E-state index in [2.05, 4.69) is 10.6 Å². The van der Waals surface area contributed by atoms with Crippen LogP contribution in [0.1, 0.15) is 6.92 Å². The molecule has 4 N–H and O–H groups in total. The summed E-state index contributed by atoms with van der Waals surface area (Å²) in [6, 6.07) is 5.30. The number of benzene rings is 1. The molecule has 0 saturated heterocycles. The SMILES string of the molecule is CNc1cc(NC(C)=O)ccc1N.Cl. The number of hydrogen-bond acceptors (Lipinski definition) is 3. The van der Waals surface area contributed by atoms with Gasteiger partial charge in [0.1, 0.15) is 0 Å². The van der Waals surface area contributed by atoms with Crippen LogP contribution in [0.4, 0.5) is 17.1 Å². The Kier molecular flexibility index (Phi) is 4.80. The largest absolute Gasteiger partial charge is 0.397 e. The molecule has 0 heterocycles. The van der Waals surface area contributed by atoms with Gasteiger partial charge in [-0.2, -0.15) is 0 Å². The summed E-state index contributed by atoms with van der Waals surface area (Å²) in [7, 11) is 1.78. The van der Waals surface area contributed by atoms with Crippen molar-refractivity contribution in [2.24, 2.45) is 0 Å². The topological polar surface area (TPSA) is 67.1 Å². The average molecular weight is 216 g/mol. The molecule has 1 aromatic carbocycles. The van der Waals surface area contributed by atoms with Gasteiger partial charge in [0.25, 0.3) is 0 Å². The van der Waals surface area contributed by atoms with Crippen molar-refractivity contribution in [3.63, 3.8) is 0 Å². The van der Waals surface area contributed by atoms with Crippen molar-refractivity contribution in [3.05, 3.63) is 18.2 Å². The van der Waals surface area contributed by atoms with Crippen LogP contribution < -0.4 is 16.4 Å². The Morgan fingerprint density at radius 3 is 2.57 bits per heavy atom. The van der Waals surface area contributed by atoms with Gasteiger partial charge in [0.2, 0.25) is 5.91 Å². The maximum atomic E-state index is 10.7. The van der Waals surface area contributed by atoms with Crippen molar-refractivity contribution < 1.29 is 4.79 Å². The van der Waals surface area contributed by atoms with Crippen molar-refractivity contribution in [1.82, 2.24) is 0 Å². The van der Waals surface area contributed by atoms with Gasteiger partial charge in [-0.1, -0.05) is 0 Å². The summed E-state index contributed by atoms with van der Waals surface area (Å²) >= 11 is 0. The highest BCUT2D eigenvalue weighted by Gasteiger charge is 1.99. The van der Waals surface area contributed by atoms with Crippen LogP contribution >= 0.6 is 12.4 Å². The molecule has 0 radical (unpaired) electrons. The van der Waals surface area contributed by atoms with Crippen molar-refractivity contribution in [2.75, 3.05) is 23.4 Å². The number of nitrogens with two attached hydrogens (primary N) is 1. The Bertz CT molecular complexity index is 328.